The number of nitrogens with zero attached hydrogens (tertiary/aromatic N) is 1. The minimum absolute atomic E-state index is 0.0743. The zero-order valence-corrected chi connectivity index (χ0v) is 35.7. The van der Waals surface area contributed by atoms with Crippen LogP contribution in [0.25, 0.3) is 33.4 Å². The maximum atomic E-state index is 13.1. The Morgan fingerprint density at radius 2 is 1.40 bits per heavy atom. The summed E-state index contributed by atoms with van der Waals surface area (Å²) in [7, 11) is -11.9. The van der Waals surface area contributed by atoms with Gasteiger partial charge in [0.1, 0.15) is 26.9 Å². The van der Waals surface area contributed by atoms with Crippen molar-refractivity contribution in [3.63, 3.8) is 0 Å². The van der Waals surface area contributed by atoms with Crippen LogP contribution in [0.1, 0.15) is 66.6 Å². The molecule has 1 heterocycles. The quantitative estimate of drug-likeness (QED) is 0.0571. The molecule has 58 heavy (non-hydrogen) atoms. The highest BCUT2D eigenvalue weighted by atomic mass is 32.2. The topological polar surface area (TPSA) is 190 Å². The Hall–Kier alpha value is -4.90. The van der Waals surface area contributed by atoms with E-state index in [1.54, 1.807) is 61.5 Å². The van der Waals surface area contributed by atoms with Crippen molar-refractivity contribution in [3.05, 3.63) is 117 Å². The third-order valence-corrected chi connectivity index (χ3v) is 13.5. The average Bonchev–Trinajstić information content (AvgIpc) is 3.17. The molecule has 6 rings (SSSR count). The van der Waals surface area contributed by atoms with Gasteiger partial charge < -0.3 is 9.73 Å². The van der Waals surface area contributed by atoms with Crippen molar-refractivity contribution in [2.24, 2.45) is 4.99 Å². The van der Waals surface area contributed by atoms with E-state index < -0.39 is 36.1 Å². The molecular weight excluding hydrogens is 801 g/mol. The molecular formula is C43H46N2O10S3. The summed E-state index contributed by atoms with van der Waals surface area (Å²) >= 11 is 0. The molecule has 0 saturated heterocycles. The molecule has 15 heteroatoms. The van der Waals surface area contributed by atoms with Crippen molar-refractivity contribution >= 4 is 58.4 Å². The number of nitrogens with one attached hydrogen (secondary N) is 1. The molecule has 2 aliphatic rings. The van der Waals surface area contributed by atoms with E-state index in [1.165, 1.54) is 12.1 Å². The van der Waals surface area contributed by atoms with Crippen LogP contribution in [0.2, 0.25) is 0 Å². The lowest BCUT2D eigenvalue weighted by Gasteiger charge is -2.22. The Balaban J connectivity index is 1.65. The van der Waals surface area contributed by atoms with E-state index in [0.29, 0.717) is 92.6 Å². The first-order valence-corrected chi connectivity index (χ1v) is 23.3. The zero-order valence-electron chi connectivity index (χ0n) is 33.3. The lowest BCUT2D eigenvalue weighted by molar-refractivity contribution is 0.396. The second kappa shape index (κ2) is 16.4. The third kappa shape index (κ3) is 8.33. The predicted octanol–water partition coefficient (Wildman–Crippen LogP) is 9.02. The highest BCUT2D eigenvalue weighted by molar-refractivity contribution is 7.87. The molecule has 12 nitrogen and oxygen atoms in total. The highest BCUT2D eigenvalue weighted by Gasteiger charge is 2.27. The predicted molar refractivity (Wildman–Crippen MR) is 226 cm³/mol. The van der Waals surface area contributed by atoms with Gasteiger partial charge in [-0.2, -0.15) is 25.3 Å². The Kier molecular flexibility index (Phi) is 12.1. The van der Waals surface area contributed by atoms with Gasteiger partial charge in [-0.3, -0.25) is 13.3 Å². The fourth-order valence-electron chi connectivity index (χ4n) is 7.80. The summed E-state index contributed by atoms with van der Waals surface area (Å²) in [5.74, 6) is -0.205. The number of anilines is 2. The van der Waals surface area contributed by atoms with Gasteiger partial charge in [0, 0.05) is 45.6 Å². The fraction of sp³-hybridized carbons (Fsp3) is 0.279. The van der Waals surface area contributed by atoms with Crippen LogP contribution in [0.3, 0.4) is 0 Å². The minimum atomic E-state index is -4.67. The van der Waals surface area contributed by atoms with Crippen molar-refractivity contribution in [1.82, 2.24) is 0 Å². The second-order valence-corrected chi connectivity index (χ2v) is 18.5. The fourth-order valence-corrected chi connectivity index (χ4v) is 10.4. The summed E-state index contributed by atoms with van der Waals surface area (Å²) in [4.78, 5) is 4.77. The van der Waals surface area contributed by atoms with Crippen LogP contribution in [-0.4, -0.2) is 41.5 Å². The zero-order chi connectivity index (χ0) is 42.3. The highest BCUT2D eigenvalue weighted by Crippen LogP contribution is 2.44. The van der Waals surface area contributed by atoms with E-state index in [2.05, 4.69) is 5.32 Å². The van der Waals surface area contributed by atoms with Gasteiger partial charge in [0.15, 0.2) is 0 Å². The van der Waals surface area contributed by atoms with Gasteiger partial charge in [0.05, 0.1) is 18.2 Å². The summed E-state index contributed by atoms with van der Waals surface area (Å²) < 4.78 is 107. The molecule has 1 aliphatic carbocycles. The van der Waals surface area contributed by atoms with E-state index in [1.807, 2.05) is 40.7 Å². The molecule has 0 bridgehead atoms. The van der Waals surface area contributed by atoms with Crippen LogP contribution in [0.4, 0.5) is 17.1 Å². The van der Waals surface area contributed by atoms with Crippen LogP contribution in [-0.2, 0) is 66.0 Å². The summed E-state index contributed by atoms with van der Waals surface area (Å²) in [6.07, 6.45) is 2.05. The van der Waals surface area contributed by atoms with E-state index in [4.69, 9.17) is 13.6 Å². The van der Waals surface area contributed by atoms with E-state index in [-0.39, 0.29) is 15.4 Å². The largest absolute Gasteiger partial charge is 0.456 e. The van der Waals surface area contributed by atoms with Crippen LogP contribution >= 0.6 is 0 Å². The van der Waals surface area contributed by atoms with Gasteiger partial charge in [0.25, 0.3) is 30.4 Å². The van der Waals surface area contributed by atoms with E-state index >= 15 is 0 Å². The van der Waals surface area contributed by atoms with Crippen molar-refractivity contribution in [1.29, 1.82) is 0 Å². The first-order chi connectivity index (χ1) is 27.3. The van der Waals surface area contributed by atoms with E-state index in [0.717, 1.165) is 29.4 Å². The van der Waals surface area contributed by atoms with Crippen LogP contribution in [0, 0.1) is 13.8 Å². The molecule has 0 saturated carbocycles. The molecule has 0 radical (unpaired) electrons. The molecule has 0 spiro atoms. The standard InChI is InChI=1S/C43H46N2O10S3/c1-8-27-20-25(5)36(24-56(46,47)48)31(10-3)41(27)44-29-16-18-33-37(22-29)55-38-23-30(17-19-34(38)40(33)35-14-12-13-15-39(35)57(49,50)51)45-42-28(9-2)21-26(6)43(32(42)11-4)58(52,53)54-7/h12-23,44H,8-11,24H2,1-7H3,(H,46,47,48)(H,49,50,51). The summed E-state index contributed by atoms with van der Waals surface area (Å²) in [6, 6.07) is 20.4. The molecule has 0 amide bonds. The number of fused-ring (bicyclic) bond motifs is 2. The first-order valence-electron chi connectivity index (χ1n) is 18.8. The molecule has 4 aromatic rings. The maximum absolute atomic E-state index is 13.1. The van der Waals surface area contributed by atoms with Gasteiger partial charge in [-0.25, -0.2) is 4.99 Å². The number of benzene rings is 5. The molecule has 0 fully saturated rings. The molecule has 0 atom stereocenters. The normalized spacial score (nSPS) is 12.8. The van der Waals surface area contributed by atoms with Crippen LogP contribution < -0.4 is 10.7 Å². The summed E-state index contributed by atoms with van der Waals surface area (Å²) in [6.45, 7) is 11.3. The molecule has 3 N–H and O–H groups in total. The molecule has 1 aliphatic heterocycles. The van der Waals surface area contributed by atoms with Crippen LogP contribution in [0.5, 0.6) is 0 Å². The molecule has 0 unspecified atom stereocenters. The summed E-state index contributed by atoms with van der Waals surface area (Å²) in [5.41, 5.74) is 8.24. The van der Waals surface area contributed by atoms with Crippen LogP contribution in [0.15, 0.2) is 92.0 Å². The molecule has 306 valence electrons. The Morgan fingerprint density at radius 1 is 0.724 bits per heavy atom. The molecule has 0 aromatic heterocycles. The van der Waals surface area contributed by atoms with Gasteiger partial charge in [-0.1, -0.05) is 58.0 Å². The number of hydrogen-bond donors (Lipinski definition) is 3. The number of hydrogen-bond acceptors (Lipinski definition) is 10. The van der Waals surface area contributed by atoms with Crippen molar-refractivity contribution in [2.45, 2.75) is 82.8 Å². The van der Waals surface area contributed by atoms with Crippen molar-refractivity contribution in [3.8, 4) is 22.5 Å². The monoisotopic (exact) mass is 846 g/mol. The Labute approximate surface area is 339 Å². The number of aryl methyl sites for hydroxylation is 4. The smallest absolute Gasteiger partial charge is 0.297 e. The van der Waals surface area contributed by atoms with Gasteiger partial charge in [0.2, 0.25) is 0 Å². The Morgan fingerprint density at radius 3 is 2.02 bits per heavy atom. The van der Waals surface area contributed by atoms with Crippen molar-refractivity contribution in [2.75, 3.05) is 12.4 Å². The van der Waals surface area contributed by atoms with E-state index in [9.17, 15) is 34.4 Å². The third-order valence-electron chi connectivity index (χ3n) is 10.4. The average molecular weight is 847 g/mol. The Bertz CT molecular complexity index is 2970. The maximum Gasteiger partial charge on any atom is 0.297 e. The van der Waals surface area contributed by atoms with Gasteiger partial charge >= 0.3 is 0 Å². The lowest BCUT2D eigenvalue weighted by atomic mass is 9.92. The lowest BCUT2D eigenvalue weighted by Crippen LogP contribution is -2.11. The molecule has 4 aromatic carbocycles. The summed E-state index contributed by atoms with van der Waals surface area (Å²) in [5, 5.41) is 4.46. The second-order valence-electron chi connectivity index (χ2n) is 14.0. The van der Waals surface area contributed by atoms with Gasteiger partial charge in [-0.15, -0.1) is 0 Å². The minimum Gasteiger partial charge on any atom is -0.456 e. The first kappa shape index (κ1) is 42.7. The van der Waals surface area contributed by atoms with Crippen molar-refractivity contribution < 1.29 is 43.0 Å². The van der Waals surface area contributed by atoms with Gasteiger partial charge in [-0.05, 0) is 109 Å². The number of rotatable bonds is 13. The SMILES string of the molecule is CCc1cc(C)c(S(=O)(=O)OC)c(CC)c1N=c1ccc2c(-c3ccccc3S(=O)(=O)O)c3ccc(Nc4c(CC)cc(C)c(CS(=O)(=O)O)c4CC)cc3oc-2c1.